The summed E-state index contributed by atoms with van der Waals surface area (Å²) in [5.74, 6) is -0.928. The van der Waals surface area contributed by atoms with Crippen molar-refractivity contribution in [2.75, 3.05) is 5.32 Å². The zero-order chi connectivity index (χ0) is 20.4. The van der Waals surface area contributed by atoms with Gasteiger partial charge in [-0.1, -0.05) is 11.6 Å². The summed E-state index contributed by atoms with van der Waals surface area (Å²) in [5.41, 5.74) is 1.21. The first-order valence-electron chi connectivity index (χ1n) is 7.07. The third-order valence-electron chi connectivity index (χ3n) is 2.86. The number of anilines is 1. The molecule has 0 atom stereocenters. The van der Waals surface area contributed by atoms with Crippen molar-refractivity contribution in [1.29, 1.82) is 0 Å². The van der Waals surface area contributed by atoms with Crippen LogP contribution in [0.4, 0.5) is 19.1 Å². The van der Waals surface area contributed by atoms with E-state index in [1.807, 2.05) is 4.72 Å². The number of sulfonamides is 1. The summed E-state index contributed by atoms with van der Waals surface area (Å²) in [7, 11) is -4.54. The molecule has 13 heteroatoms. The molecule has 2 aromatic rings. The minimum atomic E-state index is -5.09. The van der Waals surface area contributed by atoms with Gasteiger partial charge in [0.15, 0.2) is 5.11 Å². The number of alkyl halides is 3. The molecule has 0 bridgehead atoms. The number of halogens is 4. The number of nitrogens with zero attached hydrogens (tertiary/aromatic N) is 2. The van der Waals surface area contributed by atoms with Gasteiger partial charge >= 0.3 is 6.36 Å². The normalized spacial score (nSPS) is 11.8. The van der Waals surface area contributed by atoms with E-state index in [4.69, 9.17) is 23.8 Å². The molecule has 0 fully saturated rings. The SMILES string of the molecule is Cc1cc(C)nc(NC(=S)NS(=O)(=O)c2cc(Cl)ccc2OC(F)(F)F)n1. The highest BCUT2D eigenvalue weighted by molar-refractivity contribution is 7.92. The van der Waals surface area contributed by atoms with E-state index in [2.05, 4.69) is 20.0 Å². The van der Waals surface area contributed by atoms with Gasteiger partial charge in [0.25, 0.3) is 10.0 Å². The fourth-order valence-corrected chi connectivity index (χ4v) is 3.71. The molecule has 0 aliphatic heterocycles. The Balaban J connectivity index is 2.28. The van der Waals surface area contributed by atoms with E-state index in [0.717, 1.165) is 18.2 Å². The van der Waals surface area contributed by atoms with Gasteiger partial charge in [0.2, 0.25) is 5.95 Å². The van der Waals surface area contributed by atoms with Crippen LogP contribution < -0.4 is 14.8 Å². The van der Waals surface area contributed by atoms with Crippen LogP contribution in [0.1, 0.15) is 11.4 Å². The lowest BCUT2D eigenvalue weighted by molar-refractivity contribution is -0.275. The van der Waals surface area contributed by atoms with Crippen molar-refractivity contribution < 1.29 is 26.3 Å². The van der Waals surface area contributed by atoms with Gasteiger partial charge in [0.05, 0.1) is 0 Å². The zero-order valence-corrected chi connectivity index (χ0v) is 16.1. The molecule has 0 saturated heterocycles. The fraction of sp³-hybridized carbons (Fsp3) is 0.214. The van der Waals surface area contributed by atoms with Crippen molar-refractivity contribution in [3.8, 4) is 5.75 Å². The Labute approximate surface area is 163 Å². The van der Waals surface area contributed by atoms with E-state index in [-0.39, 0.29) is 11.0 Å². The Morgan fingerprint density at radius 2 is 1.78 bits per heavy atom. The third-order valence-corrected chi connectivity index (χ3v) is 4.79. The molecule has 0 amide bonds. The monoisotopic (exact) mass is 440 g/mol. The molecule has 0 unspecified atom stereocenters. The van der Waals surface area contributed by atoms with Crippen molar-refractivity contribution in [3.63, 3.8) is 0 Å². The molecule has 0 aliphatic carbocycles. The van der Waals surface area contributed by atoms with Gasteiger partial charge in [-0.15, -0.1) is 13.2 Å². The lowest BCUT2D eigenvalue weighted by Gasteiger charge is -2.15. The van der Waals surface area contributed by atoms with E-state index in [1.165, 1.54) is 0 Å². The topological polar surface area (TPSA) is 93.2 Å². The van der Waals surface area contributed by atoms with Crippen LogP contribution in [-0.2, 0) is 10.0 Å². The zero-order valence-electron chi connectivity index (χ0n) is 13.8. The number of nitrogens with one attached hydrogen (secondary N) is 2. The van der Waals surface area contributed by atoms with Crippen LogP contribution in [0.15, 0.2) is 29.2 Å². The van der Waals surface area contributed by atoms with Gasteiger partial charge < -0.3 is 10.1 Å². The molecule has 1 aromatic heterocycles. The van der Waals surface area contributed by atoms with Gasteiger partial charge in [-0.25, -0.2) is 18.4 Å². The maximum atomic E-state index is 12.5. The molecule has 0 saturated carbocycles. The van der Waals surface area contributed by atoms with Crippen molar-refractivity contribution >= 4 is 44.9 Å². The van der Waals surface area contributed by atoms with Crippen LogP contribution in [-0.4, -0.2) is 29.9 Å². The number of hydrogen-bond acceptors (Lipinski definition) is 6. The minimum Gasteiger partial charge on any atom is -0.404 e. The Bertz CT molecular complexity index is 964. The summed E-state index contributed by atoms with van der Waals surface area (Å²) in [6.45, 7) is 3.39. The molecule has 1 aromatic carbocycles. The molecule has 1 heterocycles. The maximum absolute atomic E-state index is 12.5. The van der Waals surface area contributed by atoms with Crippen LogP contribution in [0.25, 0.3) is 0 Å². The second kappa shape index (κ2) is 7.82. The largest absolute Gasteiger partial charge is 0.573 e. The first-order valence-corrected chi connectivity index (χ1v) is 9.34. The molecule has 146 valence electrons. The third kappa shape index (κ3) is 6.19. The van der Waals surface area contributed by atoms with Crippen LogP contribution in [0.5, 0.6) is 5.75 Å². The molecule has 2 rings (SSSR count). The lowest BCUT2D eigenvalue weighted by atomic mass is 10.3. The predicted molar refractivity (Wildman–Crippen MR) is 96.2 cm³/mol. The molecular weight excluding hydrogens is 429 g/mol. The first kappa shape index (κ1) is 21.1. The summed E-state index contributed by atoms with van der Waals surface area (Å²) in [6.07, 6.45) is -5.09. The number of rotatable bonds is 4. The molecule has 0 radical (unpaired) electrons. The van der Waals surface area contributed by atoms with Gasteiger partial charge in [0.1, 0.15) is 10.6 Å². The van der Waals surface area contributed by atoms with Crippen LogP contribution >= 0.6 is 23.8 Å². The van der Waals surface area contributed by atoms with Crippen molar-refractivity contribution in [3.05, 3.63) is 40.7 Å². The second-order valence-corrected chi connectivity index (χ2v) is 7.67. The Morgan fingerprint density at radius 3 is 2.33 bits per heavy atom. The van der Waals surface area contributed by atoms with Crippen molar-refractivity contribution in [2.45, 2.75) is 25.1 Å². The van der Waals surface area contributed by atoms with E-state index in [9.17, 15) is 21.6 Å². The Kier molecular flexibility index (Phi) is 6.12. The summed E-state index contributed by atoms with van der Waals surface area (Å²) in [5, 5.41) is 1.90. The van der Waals surface area contributed by atoms with Crippen molar-refractivity contribution in [2.24, 2.45) is 0 Å². The first-order chi connectivity index (χ1) is 12.4. The Morgan fingerprint density at radius 1 is 1.19 bits per heavy atom. The Hall–Kier alpha value is -2.18. The minimum absolute atomic E-state index is 0.0260. The molecule has 2 N–H and O–H groups in total. The summed E-state index contributed by atoms with van der Waals surface area (Å²) < 4.78 is 68.1. The van der Waals surface area contributed by atoms with E-state index >= 15 is 0 Å². The molecule has 27 heavy (non-hydrogen) atoms. The highest BCUT2D eigenvalue weighted by Gasteiger charge is 2.34. The smallest absolute Gasteiger partial charge is 0.404 e. The number of ether oxygens (including phenoxy) is 1. The van der Waals surface area contributed by atoms with Gasteiger partial charge in [0, 0.05) is 16.4 Å². The maximum Gasteiger partial charge on any atom is 0.573 e. The predicted octanol–water partition coefficient (Wildman–Crippen LogP) is 3.32. The average molecular weight is 441 g/mol. The standard InChI is InChI=1S/C14H12ClF3N4O3S2/c1-7-5-8(2)20-12(19-7)21-13(26)22-27(23,24)11-6-9(15)3-4-10(11)25-14(16,17)18/h3-6H,1-2H3,(H2,19,20,21,22,26). The van der Waals surface area contributed by atoms with Crippen molar-refractivity contribution in [1.82, 2.24) is 14.7 Å². The number of thiocarbonyl (C=S) groups is 1. The summed E-state index contributed by atoms with van der Waals surface area (Å²) in [6, 6.07) is 4.33. The number of aromatic nitrogens is 2. The van der Waals surface area contributed by atoms with Crippen LogP contribution in [0, 0.1) is 13.8 Å². The summed E-state index contributed by atoms with van der Waals surface area (Å²) >= 11 is 10.6. The molecule has 7 nitrogen and oxygen atoms in total. The van der Waals surface area contributed by atoms with E-state index < -0.39 is 32.1 Å². The van der Waals surface area contributed by atoms with Crippen LogP contribution in [0.3, 0.4) is 0 Å². The average Bonchev–Trinajstić information content (AvgIpc) is 2.45. The lowest BCUT2D eigenvalue weighted by Crippen LogP contribution is -2.35. The highest BCUT2D eigenvalue weighted by atomic mass is 35.5. The second-order valence-electron chi connectivity index (χ2n) is 5.17. The van der Waals surface area contributed by atoms with Gasteiger partial charge in [-0.2, -0.15) is 0 Å². The van der Waals surface area contributed by atoms with Gasteiger partial charge in [-0.05, 0) is 50.3 Å². The molecular formula is C14H12ClF3N4O3S2. The number of aryl methyl sites for hydroxylation is 2. The molecule has 0 aliphatic rings. The highest BCUT2D eigenvalue weighted by Crippen LogP contribution is 2.31. The quantitative estimate of drug-likeness (QED) is 0.704. The van der Waals surface area contributed by atoms with Crippen LogP contribution in [0.2, 0.25) is 5.02 Å². The van der Waals surface area contributed by atoms with E-state index in [0.29, 0.717) is 11.4 Å². The molecule has 0 spiro atoms. The fourth-order valence-electron chi connectivity index (χ4n) is 1.99. The number of hydrogen-bond donors (Lipinski definition) is 2. The summed E-state index contributed by atoms with van der Waals surface area (Å²) in [4.78, 5) is 7.20. The van der Waals surface area contributed by atoms with E-state index in [1.54, 1.807) is 19.9 Å². The van der Waals surface area contributed by atoms with Gasteiger partial charge in [-0.3, -0.25) is 4.72 Å². The number of benzene rings is 1.